The van der Waals surface area contributed by atoms with Gasteiger partial charge in [-0.15, -0.1) is 0 Å². The Bertz CT molecular complexity index is 1970. The highest BCUT2D eigenvalue weighted by Crippen LogP contribution is 2.46. The number of aliphatic hydroxyl groups is 1. The Morgan fingerprint density at radius 2 is 1.61 bits per heavy atom. The molecule has 17 heteroatoms. The SMILES string of the molecule is CC1(C(=O)Nc2cc(F)c(Oc3ccnc(NC(=O)N4CC(O)C4)c3)cc2F)CC1.Cc1ccc(S(=O)(=O)O)cc1.O=CNc1ccc(F)cc1. The quantitative estimate of drug-likeness (QED) is 0.111. The predicted octanol–water partition coefficient (Wildman–Crippen LogP) is 5.73. The number of anilines is 3. The average molecular weight is 730 g/mol. The fourth-order valence-electron chi connectivity index (χ4n) is 4.19. The molecule has 5 N–H and O–H groups in total. The maximum Gasteiger partial charge on any atom is 0.323 e. The minimum Gasteiger partial charge on any atom is -0.454 e. The summed E-state index contributed by atoms with van der Waals surface area (Å²) in [5.74, 6) is -2.44. The third-order valence-corrected chi connectivity index (χ3v) is 8.42. The molecule has 2 fully saturated rings. The van der Waals surface area contributed by atoms with E-state index in [2.05, 4.69) is 20.9 Å². The van der Waals surface area contributed by atoms with Gasteiger partial charge in [-0.25, -0.2) is 22.9 Å². The molecule has 0 bridgehead atoms. The molecule has 6 rings (SSSR count). The average Bonchev–Trinajstić information content (AvgIpc) is 3.82. The van der Waals surface area contributed by atoms with Crippen molar-refractivity contribution >= 4 is 45.7 Å². The molecule has 51 heavy (non-hydrogen) atoms. The van der Waals surface area contributed by atoms with Crippen molar-refractivity contribution in [2.24, 2.45) is 5.41 Å². The van der Waals surface area contributed by atoms with Gasteiger partial charge in [-0.05, 0) is 62.2 Å². The van der Waals surface area contributed by atoms with Crippen LogP contribution in [0.1, 0.15) is 25.3 Å². The minimum atomic E-state index is -4.02. The van der Waals surface area contributed by atoms with E-state index >= 15 is 0 Å². The van der Waals surface area contributed by atoms with Gasteiger partial charge in [0, 0.05) is 35.5 Å². The number of rotatable bonds is 8. The molecule has 1 aliphatic heterocycles. The van der Waals surface area contributed by atoms with Gasteiger partial charge >= 0.3 is 6.03 Å². The summed E-state index contributed by atoms with van der Waals surface area (Å²) >= 11 is 0. The lowest BCUT2D eigenvalue weighted by atomic mass is 10.1. The first-order valence-corrected chi connectivity index (χ1v) is 16.7. The molecule has 4 amide bonds. The third kappa shape index (κ3) is 11.2. The summed E-state index contributed by atoms with van der Waals surface area (Å²) in [7, 11) is -4.02. The predicted molar refractivity (Wildman–Crippen MR) is 180 cm³/mol. The molecule has 1 aliphatic carbocycles. The fraction of sp³-hybridized carbons (Fsp3) is 0.235. The van der Waals surface area contributed by atoms with Crippen LogP contribution in [0.4, 0.5) is 35.2 Å². The Kier molecular flexibility index (Phi) is 12.4. The van der Waals surface area contributed by atoms with Crippen LogP contribution in [0.3, 0.4) is 0 Å². The van der Waals surface area contributed by atoms with Crippen LogP contribution in [0.25, 0.3) is 0 Å². The number of nitrogens with one attached hydrogen (secondary N) is 3. The smallest absolute Gasteiger partial charge is 0.323 e. The number of amides is 4. The lowest BCUT2D eigenvalue weighted by molar-refractivity contribution is -0.120. The molecule has 0 atom stereocenters. The topological polar surface area (TPSA) is 187 Å². The van der Waals surface area contributed by atoms with Crippen molar-refractivity contribution in [1.82, 2.24) is 9.88 Å². The largest absolute Gasteiger partial charge is 0.454 e. The number of aryl methyl sites for hydroxylation is 1. The van der Waals surface area contributed by atoms with Crippen molar-refractivity contribution in [3.8, 4) is 11.5 Å². The number of likely N-dealkylation sites (tertiary alicyclic amines) is 1. The third-order valence-electron chi connectivity index (χ3n) is 7.55. The van der Waals surface area contributed by atoms with Crippen molar-refractivity contribution in [3.63, 3.8) is 0 Å². The highest BCUT2D eigenvalue weighted by Gasteiger charge is 2.45. The molecule has 2 aliphatic rings. The van der Waals surface area contributed by atoms with Gasteiger partial charge in [-0.3, -0.25) is 19.5 Å². The van der Waals surface area contributed by atoms with Gasteiger partial charge in [0.15, 0.2) is 17.4 Å². The second-order valence-corrected chi connectivity index (χ2v) is 13.2. The summed E-state index contributed by atoms with van der Waals surface area (Å²) < 4.78 is 75.9. The summed E-state index contributed by atoms with van der Waals surface area (Å²) in [6.45, 7) is 4.06. The number of aromatic nitrogens is 1. The van der Waals surface area contributed by atoms with Crippen LogP contribution in [0, 0.1) is 29.8 Å². The molecule has 1 saturated carbocycles. The van der Waals surface area contributed by atoms with E-state index in [0.29, 0.717) is 24.9 Å². The van der Waals surface area contributed by atoms with E-state index in [9.17, 15) is 41.1 Å². The van der Waals surface area contributed by atoms with Crippen molar-refractivity contribution in [2.75, 3.05) is 29.0 Å². The molecule has 0 unspecified atom stereocenters. The summed E-state index contributed by atoms with van der Waals surface area (Å²) in [5, 5.41) is 16.6. The molecule has 0 radical (unpaired) electrons. The molecule has 1 saturated heterocycles. The van der Waals surface area contributed by atoms with Crippen LogP contribution >= 0.6 is 0 Å². The van der Waals surface area contributed by atoms with E-state index in [4.69, 9.17) is 9.29 Å². The van der Waals surface area contributed by atoms with Crippen LogP contribution in [0.5, 0.6) is 11.5 Å². The van der Waals surface area contributed by atoms with Crippen molar-refractivity contribution in [2.45, 2.75) is 37.7 Å². The van der Waals surface area contributed by atoms with E-state index < -0.39 is 39.3 Å². The first kappa shape index (κ1) is 38.3. The van der Waals surface area contributed by atoms with E-state index in [1.54, 1.807) is 19.1 Å². The summed E-state index contributed by atoms with van der Waals surface area (Å²) in [6.07, 6.45) is 2.78. The number of aliphatic hydroxyl groups excluding tert-OH is 1. The molecule has 1 aromatic heterocycles. The number of carbonyl (C=O) groups is 3. The Morgan fingerprint density at radius 1 is 0.961 bits per heavy atom. The lowest BCUT2D eigenvalue weighted by Gasteiger charge is -2.35. The van der Waals surface area contributed by atoms with E-state index in [0.717, 1.165) is 17.7 Å². The van der Waals surface area contributed by atoms with Crippen molar-refractivity contribution < 1.29 is 50.4 Å². The Hall–Kier alpha value is -5.52. The standard InChI is InChI=1S/C20H20F2N4O4.C7H6FNO.C7H8O3S/c1-20(3-4-20)18(28)24-15-7-14(22)16(8-13(15)21)30-12-2-5-23-17(6-12)25-19(29)26-9-11(27)10-26;8-6-1-3-7(4-2-6)9-5-10;1-6-2-4-7(5-3-6)11(8,9)10/h2,5-8,11,27H,3-4,9-10H2,1H3,(H,24,28)(H,23,25,29);1-5H,(H,9,10);2-5H,1H3,(H,8,9,10). The van der Waals surface area contributed by atoms with Gasteiger partial charge < -0.3 is 25.4 Å². The van der Waals surface area contributed by atoms with Gasteiger partial charge in [-0.1, -0.05) is 24.6 Å². The number of carbonyl (C=O) groups excluding carboxylic acids is 3. The Balaban J connectivity index is 0.000000226. The second kappa shape index (κ2) is 16.5. The van der Waals surface area contributed by atoms with E-state index in [1.165, 1.54) is 59.6 Å². The van der Waals surface area contributed by atoms with E-state index in [1.807, 2.05) is 6.92 Å². The highest BCUT2D eigenvalue weighted by atomic mass is 32.2. The number of benzene rings is 3. The number of urea groups is 1. The molecule has 2 heterocycles. The first-order valence-electron chi connectivity index (χ1n) is 15.2. The summed E-state index contributed by atoms with van der Waals surface area (Å²) in [4.78, 5) is 39.2. The molecule has 4 aromatic rings. The van der Waals surface area contributed by atoms with Crippen LogP contribution in [0.15, 0.2) is 83.9 Å². The van der Waals surface area contributed by atoms with Gasteiger partial charge in [-0.2, -0.15) is 8.42 Å². The normalized spacial score (nSPS) is 14.3. The molecule has 13 nitrogen and oxygen atoms in total. The summed E-state index contributed by atoms with van der Waals surface area (Å²) in [6, 6.07) is 15.6. The number of hydrogen-bond acceptors (Lipinski definition) is 8. The number of nitrogens with zero attached hydrogens (tertiary/aromatic N) is 2. The Labute approximate surface area is 291 Å². The van der Waals surface area contributed by atoms with Crippen LogP contribution in [-0.2, 0) is 19.7 Å². The van der Waals surface area contributed by atoms with Crippen LogP contribution < -0.4 is 20.7 Å². The van der Waals surface area contributed by atoms with Crippen molar-refractivity contribution in [1.29, 1.82) is 0 Å². The number of ether oxygens (including phenoxy) is 1. The molecule has 270 valence electrons. The maximum absolute atomic E-state index is 14.4. The number of hydrogen-bond donors (Lipinski definition) is 5. The number of halogens is 3. The fourth-order valence-corrected chi connectivity index (χ4v) is 4.67. The zero-order chi connectivity index (χ0) is 37.3. The van der Waals surface area contributed by atoms with Gasteiger partial charge in [0.2, 0.25) is 12.3 Å². The molecular weight excluding hydrogens is 695 g/mol. The van der Waals surface area contributed by atoms with Crippen molar-refractivity contribution in [3.05, 3.63) is 102 Å². The Morgan fingerprint density at radius 3 is 2.18 bits per heavy atom. The lowest BCUT2D eigenvalue weighted by Crippen LogP contribution is -2.54. The van der Waals surface area contributed by atoms with Gasteiger partial charge in [0.25, 0.3) is 10.1 Å². The van der Waals surface area contributed by atoms with E-state index in [-0.39, 0.29) is 52.7 Å². The van der Waals surface area contributed by atoms with Gasteiger partial charge in [0.05, 0.1) is 29.8 Å². The number of β-amino-alcohol motifs (C(OH)–C–C–N with tert-alkyl or cyclic N) is 1. The van der Waals surface area contributed by atoms with Crippen LogP contribution in [-0.4, -0.2) is 65.5 Å². The zero-order valence-electron chi connectivity index (χ0n) is 27.3. The minimum absolute atomic E-state index is 0.0666. The first-order chi connectivity index (χ1) is 24.1. The monoisotopic (exact) mass is 729 g/mol. The molecular formula is C34H34F3N5O8S. The molecule has 0 spiro atoms. The zero-order valence-corrected chi connectivity index (χ0v) is 28.1. The summed E-state index contributed by atoms with van der Waals surface area (Å²) in [5.41, 5.74) is 0.774. The van der Waals surface area contributed by atoms with Crippen LogP contribution in [0.2, 0.25) is 0 Å². The van der Waals surface area contributed by atoms with Gasteiger partial charge in [0.1, 0.15) is 17.4 Å². The number of pyridine rings is 1. The maximum atomic E-state index is 14.4. The highest BCUT2D eigenvalue weighted by molar-refractivity contribution is 7.85. The second-order valence-electron chi connectivity index (χ2n) is 11.8. The molecule has 3 aromatic carbocycles.